The van der Waals surface area contributed by atoms with Crippen LogP contribution in [0.1, 0.15) is 5.69 Å². The number of anilines is 1. The van der Waals surface area contributed by atoms with Crippen LogP contribution in [-0.2, 0) is 13.1 Å². The lowest BCUT2D eigenvalue weighted by molar-refractivity contribution is 0.414. The van der Waals surface area contributed by atoms with Gasteiger partial charge in [-0.1, -0.05) is 12.1 Å². The highest BCUT2D eigenvalue weighted by Crippen LogP contribution is 2.27. The predicted octanol–water partition coefficient (Wildman–Crippen LogP) is 1.49. The number of hydrogen-bond acceptors (Lipinski definition) is 4. The molecule has 2 N–H and O–H groups in total. The Morgan fingerprint density at radius 1 is 1.37 bits per heavy atom. The minimum absolute atomic E-state index is 0.623. The van der Waals surface area contributed by atoms with Crippen molar-refractivity contribution < 1.29 is 4.74 Å². The van der Waals surface area contributed by atoms with Crippen molar-refractivity contribution in [3.05, 3.63) is 42.5 Å². The Labute approximate surface area is 113 Å². The molecule has 0 fully saturated rings. The Kier molecular flexibility index (Phi) is 4.41. The van der Waals surface area contributed by atoms with Crippen LogP contribution in [-0.4, -0.2) is 30.3 Å². The topological polar surface area (TPSA) is 56.3 Å². The van der Waals surface area contributed by atoms with E-state index in [1.54, 1.807) is 7.11 Å². The van der Waals surface area contributed by atoms with Crippen LogP contribution in [0.3, 0.4) is 0 Å². The van der Waals surface area contributed by atoms with Gasteiger partial charge in [-0.3, -0.25) is 0 Å². The molecule has 0 saturated heterocycles. The van der Waals surface area contributed by atoms with E-state index in [1.165, 1.54) is 0 Å². The summed E-state index contributed by atoms with van der Waals surface area (Å²) in [4.78, 5) is 6.50. The van der Waals surface area contributed by atoms with E-state index in [4.69, 9.17) is 10.5 Å². The molecule has 0 bridgehead atoms. The molecule has 1 heterocycles. The second-order valence-corrected chi connectivity index (χ2v) is 4.42. The molecular formula is C14H20N4O. The molecule has 0 aliphatic carbocycles. The van der Waals surface area contributed by atoms with Gasteiger partial charge < -0.3 is 19.9 Å². The number of rotatable bonds is 6. The number of methoxy groups -OCH3 is 1. The number of imidazole rings is 1. The Hall–Kier alpha value is -2.01. The smallest absolute Gasteiger partial charge is 0.142 e. The van der Waals surface area contributed by atoms with Gasteiger partial charge in [0.1, 0.15) is 5.75 Å². The first-order valence-corrected chi connectivity index (χ1v) is 6.29. The number of benzene rings is 1. The third-order valence-electron chi connectivity index (χ3n) is 2.97. The molecule has 0 radical (unpaired) electrons. The average Bonchev–Trinajstić information content (AvgIpc) is 2.86. The van der Waals surface area contributed by atoms with E-state index in [0.29, 0.717) is 6.54 Å². The summed E-state index contributed by atoms with van der Waals surface area (Å²) in [5.41, 5.74) is 7.59. The van der Waals surface area contributed by atoms with E-state index < -0.39 is 0 Å². The summed E-state index contributed by atoms with van der Waals surface area (Å²) in [6.07, 6.45) is 3.84. The fourth-order valence-corrected chi connectivity index (χ4v) is 2.03. The zero-order chi connectivity index (χ0) is 13.7. The molecule has 102 valence electrons. The zero-order valence-corrected chi connectivity index (χ0v) is 11.4. The SMILES string of the molecule is COc1ccccc1N(C)Cc1cn(CCN)cn1. The quantitative estimate of drug-likeness (QED) is 0.855. The summed E-state index contributed by atoms with van der Waals surface area (Å²) in [5, 5.41) is 0. The number of nitrogens with zero attached hydrogens (tertiary/aromatic N) is 3. The third kappa shape index (κ3) is 3.26. The van der Waals surface area contributed by atoms with Crippen molar-refractivity contribution in [2.75, 3.05) is 25.6 Å². The van der Waals surface area contributed by atoms with Gasteiger partial charge in [0.25, 0.3) is 0 Å². The number of aromatic nitrogens is 2. The molecule has 0 amide bonds. The Bertz CT molecular complexity index is 524. The van der Waals surface area contributed by atoms with Crippen molar-refractivity contribution in [3.8, 4) is 5.75 Å². The highest BCUT2D eigenvalue weighted by Gasteiger charge is 2.09. The van der Waals surface area contributed by atoms with Crippen molar-refractivity contribution in [3.63, 3.8) is 0 Å². The van der Waals surface area contributed by atoms with Crippen LogP contribution < -0.4 is 15.4 Å². The Balaban J connectivity index is 2.09. The minimum Gasteiger partial charge on any atom is -0.495 e. The highest BCUT2D eigenvalue weighted by molar-refractivity contribution is 5.57. The lowest BCUT2D eigenvalue weighted by atomic mass is 10.2. The molecule has 0 unspecified atom stereocenters. The Morgan fingerprint density at radius 3 is 2.89 bits per heavy atom. The van der Waals surface area contributed by atoms with E-state index in [-0.39, 0.29) is 0 Å². The van der Waals surface area contributed by atoms with Crippen LogP contribution in [0, 0.1) is 0 Å². The van der Waals surface area contributed by atoms with Gasteiger partial charge in [-0.05, 0) is 12.1 Å². The molecule has 0 aliphatic rings. The minimum atomic E-state index is 0.623. The Morgan fingerprint density at radius 2 is 2.16 bits per heavy atom. The van der Waals surface area contributed by atoms with Gasteiger partial charge in [-0.2, -0.15) is 0 Å². The first-order valence-electron chi connectivity index (χ1n) is 6.29. The first-order chi connectivity index (χ1) is 9.24. The molecule has 0 aliphatic heterocycles. The number of para-hydroxylation sites is 2. The molecule has 1 aromatic heterocycles. The largest absolute Gasteiger partial charge is 0.495 e. The van der Waals surface area contributed by atoms with Crippen LogP contribution in [0.5, 0.6) is 5.75 Å². The van der Waals surface area contributed by atoms with Gasteiger partial charge in [0.05, 0.1) is 31.4 Å². The van der Waals surface area contributed by atoms with Gasteiger partial charge in [-0.15, -0.1) is 0 Å². The van der Waals surface area contributed by atoms with Crippen LogP contribution in [0.15, 0.2) is 36.8 Å². The molecule has 19 heavy (non-hydrogen) atoms. The highest BCUT2D eigenvalue weighted by atomic mass is 16.5. The van der Waals surface area contributed by atoms with Crippen molar-refractivity contribution >= 4 is 5.69 Å². The van der Waals surface area contributed by atoms with Crippen molar-refractivity contribution in [1.82, 2.24) is 9.55 Å². The fourth-order valence-electron chi connectivity index (χ4n) is 2.03. The number of ether oxygens (including phenoxy) is 1. The zero-order valence-electron chi connectivity index (χ0n) is 11.4. The number of hydrogen-bond donors (Lipinski definition) is 1. The lowest BCUT2D eigenvalue weighted by Gasteiger charge is -2.20. The summed E-state index contributed by atoms with van der Waals surface area (Å²) >= 11 is 0. The maximum absolute atomic E-state index is 5.52. The molecule has 5 nitrogen and oxygen atoms in total. The van der Waals surface area contributed by atoms with Crippen molar-refractivity contribution in [2.45, 2.75) is 13.1 Å². The van der Waals surface area contributed by atoms with E-state index in [2.05, 4.69) is 9.88 Å². The standard InChI is InChI=1S/C14H20N4O/c1-17(13-5-3-4-6-14(13)19-2)9-12-10-18(8-7-15)11-16-12/h3-6,10-11H,7-9,15H2,1-2H3. The summed E-state index contributed by atoms with van der Waals surface area (Å²) < 4.78 is 7.37. The molecule has 2 rings (SSSR count). The van der Waals surface area contributed by atoms with E-state index >= 15 is 0 Å². The first kappa shape index (κ1) is 13.4. The maximum atomic E-state index is 5.52. The second-order valence-electron chi connectivity index (χ2n) is 4.42. The fraction of sp³-hybridized carbons (Fsp3) is 0.357. The van der Waals surface area contributed by atoms with Crippen molar-refractivity contribution in [1.29, 1.82) is 0 Å². The molecule has 2 aromatic rings. The second kappa shape index (κ2) is 6.24. The summed E-state index contributed by atoms with van der Waals surface area (Å²) in [6.45, 7) is 2.15. The molecule has 0 atom stereocenters. The van der Waals surface area contributed by atoms with Crippen LogP contribution in [0.25, 0.3) is 0 Å². The van der Waals surface area contributed by atoms with Crippen LogP contribution >= 0.6 is 0 Å². The normalized spacial score (nSPS) is 10.5. The van der Waals surface area contributed by atoms with Crippen LogP contribution in [0.2, 0.25) is 0 Å². The van der Waals surface area contributed by atoms with Gasteiger partial charge in [0.15, 0.2) is 0 Å². The molecule has 1 aromatic carbocycles. The maximum Gasteiger partial charge on any atom is 0.142 e. The number of nitrogens with two attached hydrogens (primary N) is 1. The van der Waals surface area contributed by atoms with Crippen LogP contribution in [0.4, 0.5) is 5.69 Å². The average molecular weight is 260 g/mol. The van der Waals surface area contributed by atoms with E-state index in [1.807, 2.05) is 48.4 Å². The van der Waals surface area contributed by atoms with Gasteiger partial charge in [0.2, 0.25) is 0 Å². The predicted molar refractivity (Wildman–Crippen MR) is 76.4 cm³/mol. The van der Waals surface area contributed by atoms with Gasteiger partial charge in [-0.25, -0.2) is 4.98 Å². The molecule has 0 saturated carbocycles. The van der Waals surface area contributed by atoms with Gasteiger partial charge >= 0.3 is 0 Å². The summed E-state index contributed by atoms with van der Waals surface area (Å²) in [5.74, 6) is 0.867. The summed E-state index contributed by atoms with van der Waals surface area (Å²) in [6, 6.07) is 7.96. The van der Waals surface area contributed by atoms with Gasteiger partial charge in [0, 0.05) is 26.3 Å². The lowest BCUT2D eigenvalue weighted by Crippen LogP contribution is -2.17. The van der Waals surface area contributed by atoms with Crippen molar-refractivity contribution in [2.24, 2.45) is 5.73 Å². The van der Waals surface area contributed by atoms with E-state index in [0.717, 1.165) is 30.2 Å². The molecule has 5 heteroatoms. The van der Waals surface area contributed by atoms with E-state index in [9.17, 15) is 0 Å². The molecule has 0 spiro atoms. The summed E-state index contributed by atoms with van der Waals surface area (Å²) in [7, 11) is 3.71. The third-order valence-corrected chi connectivity index (χ3v) is 2.97. The molecular weight excluding hydrogens is 240 g/mol. The monoisotopic (exact) mass is 260 g/mol.